The highest BCUT2D eigenvalue weighted by Crippen LogP contribution is 2.31. The molecular weight excluding hydrogens is 251 g/mol. The number of carboxylic acids is 1. The molecule has 0 spiro atoms. The van der Waals surface area contributed by atoms with Crippen LogP contribution in [0.4, 0.5) is 13.2 Å². The van der Waals surface area contributed by atoms with E-state index in [1.165, 1.54) is 24.5 Å². The zero-order valence-electron chi connectivity index (χ0n) is 8.72. The van der Waals surface area contributed by atoms with Crippen LogP contribution in [-0.4, -0.2) is 25.8 Å². The maximum absolute atomic E-state index is 12.6. The second-order valence-electron chi connectivity index (χ2n) is 3.34. The molecular formula is C10H6F3N3O2. The van der Waals surface area contributed by atoms with Crippen LogP contribution in [0, 0.1) is 0 Å². The molecule has 18 heavy (non-hydrogen) atoms. The lowest BCUT2D eigenvalue weighted by Crippen LogP contribution is -2.12. The van der Waals surface area contributed by atoms with Gasteiger partial charge in [-0.25, -0.2) is 9.48 Å². The number of aromatic carboxylic acids is 1. The molecule has 2 aromatic heterocycles. The van der Waals surface area contributed by atoms with Crippen molar-refractivity contribution in [2.45, 2.75) is 6.18 Å². The average molecular weight is 257 g/mol. The summed E-state index contributed by atoms with van der Waals surface area (Å²) in [5.74, 6) is -1.68. The summed E-state index contributed by atoms with van der Waals surface area (Å²) in [4.78, 5) is 14.5. The fourth-order valence-electron chi connectivity index (χ4n) is 1.37. The molecule has 2 aromatic rings. The molecule has 1 N–H and O–H groups in total. The Balaban J connectivity index is 2.57. The first-order chi connectivity index (χ1) is 8.39. The van der Waals surface area contributed by atoms with Crippen molar-refractivity contribution in [1.29, 1.82) is 0 Å². The molecule has 8 heteroatoms. The molecule has 0 saturated carbocycles. The van der Waals surface area contributed by atoms with E-state index >= 15 is 0 Å². The number of carbonyl (C=O) groups is 1. The minimum atomic E-state index is -4.81. The SMILES string of the molecule is O=C(O)c1cn(-c2ccncc2)nc1C(F)(F)F. The van der Waals surface area contributed by atoms with Gasteiger partial charge in [0.1, 0.15) is 5.56 Å². The van der Waals surface area contributed by atoms with Gasteiger partial charge in [-0.2, -0.15) is 18.3 Å². The average Bonchev–Trinajstić information content (AvgIpc) is 2.74. The number of alkyl halides is 3. The Bertz CT molecular complexity index is 578. The Kier molecular flexibility index (Phi) is 2.77. The molecule has 0 aliphatic carbocycles. The smallest absolute Gasteiger partial charge is 0.436 e. The number of aromatic nitrogens is 3. The van der Waals surface area contributed by atoms with E-state index in [-0.39, 0.29) is 0 Å². The van der Waals surface area contributed by atoms with Gasteiger partial charge in [0.2, 0.25) is 0 Å². The molecule has 2 rings (SSSR count). The number of hydrogen-bond donors (Lipinski definition) is 1. The van der Waals surface area contributed by atoms with Crippen LogP contribution < -0.4 is 0 Å². The molecule has 0 aliphatic rings. The van der Waals surface area contributed by atoms with E-state index in [0.29, 0.717) is 5.69 Å². The predicted molar refractivity (Wildman–Crippen MR) is 53.3 cm³/mol. The maximum Gasteiger partial charge on any atom is 0.436 e. The Morgan fingerprint density at radius 2 is 1.89 bits per heavy atom. The highest BCUT2D eigenvalue weighted by Gasteiger charge is 2.39. The van der Waals surface area contributed by atoms with Gasteiger partial charge in [-0.15, -0.1) is 0 Å². The quantitative estimate of drug-likeness (QED) is 0.893. The van der Waals surface area contributed by atoms with Gasteiger partial charge in [0.25, 0.3) is 0 Å². The summed E-state index contributed by atoms with van der Waals surface area (Å²) in [5, 5.41) is 12.0. The number of pyridine rings is 1. The Hall–Kier alpha value is -2.38. The van der Waals surface area contributed by atoms with Gasteiger partial charge in [-0.1, -0.05) is 0 Å². The fraction of sp³-hybridized carbons (Fsp3) is 0.100. The molecule has 0 aromatic carbocycles. The van der Waals surface area contributed by atoms with Crippen molar-refractivity contribution in [2.75, 3.05) is 0 Å². The van der Waals surface area contributed by atoms with E-state index < -0.39 is 23.4 Å². The number of rotatable bonds is 2. The number of nitrogens with zero attached hydrogens (tertiary/aromatic N) is 3. The minimum absolute atomic E-state index is 0.294. The molecule has 0 amide bonds. The predicted octanol–water partition coefficient (Wildman–Crippen LogP) is 1.98. The van der Waals surface area contributed by atoms with Crippen molar-refractivity contribution in [2.24, 2.45) is 0 Å². The standard InChI is InChI=1S/C10H6F3N3O2/c11-10(12,13)8-7(9(17)18)5-16(15-8)6-1-3-14-4-2-6/h1-5H,(H,17,18). The van der Waals surface area contributed by atoms with Crippen molar-refractivity contribution in [3.8, 4) is 5.69 Å². The third-order valence-electron chi connectivity index (χ3n) is 2.14. The highest BCUT2D eigenvalue weighted by molar-refractivity contribution is 5.89. The van der Waals surface area contributed by atoms with E-state index in [9.17, 15) is 18.0 Å². The second kappa shape index (κ2) is 4.13. The van der Waals surface area contributed by atoms with Crippen LogP contribution >= 0.6 is 0 Å². The van der Waals surface area contributed by atoms with Crippen LogP contribution in [0.5, 0.6) is 0 Å². The summed E-state index contributed by atoms with van der Waals surface area (Å²) >= 11 is 0. The first-order valence-corrected chi connectivity index (χ1v) is 4.70. The lowest BCUT2D eigenvalue weighted by molar-refractivity contribution is -0.141. The van der Waals surface area contributed by atoms with Crippen LogP contribution in [0.25, 0.3) is 5.69 Å². The van der Waals surface area contributed by atoms with Crippen LogP contribution in [0.2, 0.25) is 0 Å². The second-order valence-corrected chi connectivity index (χ2v) is 3.34. The molecule has 0 bridgehead atoms. The van der Waals surface area contributed by atoms with Gasteiger partial charge in [0.05, 0.1) is 5.69 Å². The zero-order chi connectivity index (χ0) is 13.3. The van der Waals surface area contributed by atoms with Crippen molar-refractivity contribution < 1.29 is 23.1 Å². The van der Waals surface area contributed by atoms with Crippen molar-refractivity contribution >= 4 is 5.97 Å². The van der Waals surface area contributed by atoms with Gasteiger partial charge >= 0.3 is 12.1 Å². The zero-order valence-corrected chi connectivity index (χ0v) is 8.72. The van der Waals surface area contributed by atoms with Crippen LogP contribution in [0.1, 0.15) is 16.1 Å². The summed E-state index contributed by atoms with van der Waals surface area (Å²) in [6, 6.07) is 2.83. The van der Waals surface area contributed by atoms with Gasteiger partial charge in [0, 0.05) is 18.6 Å². The van der Waals surface area contributed by atoms with Gasteiger partial charge < -0.3 is 5.11 Å². The van der Waals surface area contributed by atoms with E-state index in [1.807, 2.05) is 0 Å². The highest BCUT2D eigenvalue weighted by atomic mass is 19.4. The third-order valence-corrected chi connectivity index (χ3v) is 2.14. The molecule has 0 aliphatic heterocycles. The molecule has 2 heterocycles. The summed E-state index contributed by atoms with van der Waals surface area (Å²) < 4.78 is 38.6. The molecule has 94 valence electrons. The molecule has 5 nitrogen and oxygen atoms in total. The molecule has 0 atom stereocenters. The molecule has 0 radical (unpaired) electrons. The van der Waals surface area contributed by atoms with E-state index in [0.717, 1.165) is 10.9 Å². The van der Waals surface area contributed by atoms with Crippen molar-refractivity contribution in [3.63, 3.8) is 0 Å². The van der Waals surface area contributed by atoms with E-state index in [2.05, 4.69) is 10.1 Å². The maximum atomic E-state index is 12.6. The molecule has 0 fully saturated rings. The van der Waals surface area contributed by atoms with E-state index in [4.69, 9.17) is 5.11 Å². The van der Waals surface area contributed by atoms with Gasteiger partial charge in [0.15, 0.2) is 5.69 Å². The summed E-state index contributed by atoms with van der Waals surface area (Å²) in [6.45, 7) is 0. The summed E-state index contributed by atoms with van der Waals surface area (Å²) in [7, 11) is 0. The Morgan fingerprint density at radius 1 is 1.28 bits per heavy atom. The number of hydrogen-bond acceptors (Lipinski definition) is 3. The Morgan fingerprint density at radius 3 is 2.33 bits per heavy atom. The Labute approximate surface area is 98.5 Å². The topological polar surface area (TPSA) is 68.0 Å². The minimum Gasteiger partial charge on any atom is -0.478 e. The van der Waals surface area contributed by atoms with Crippen LogP contribution in [0.3, 0.4) is 0 Å². The fourth-order valence-corrected chi connectivity index (χ4v) is 1.37. The monoisotopic (exact) mass is 257 g/mol. The normalized spacial score (nSPS) is 11.5. The number of halogens is 3. The van der Waals surface area contributed by atoms with Gasteiger partial charge in [-0.3, -0.25) is 4.98 Å². The van der Waals surface area contributed by atoms with Crippen LogP contribution in [-0.2, 0) is 6.18 Å². The lowest BCUT2D eigenvalue weighted by Gasteiger charge is -2.03. The molecule has 0 saturated heterocycles. The first kappa shape index (κ1) is 12.1. The van der Waals surface area contributed by atoms with E-state index in [1.54, 1.807) is 0 Å². The third kappa shape index (κ3) is 2.17. The van der Waals surface area contributed by atoms with Gasteiger partial charge in [-0.05, 0) is 12.1 Å². The summed E-state index contributed by atoms with van der Waals surface area (Å²) in [5.41, 5.74) is -2.02. The number of carboxylic acid groups (broad SMARTS) is 1. The summed E-state index contributed by atoms with van der Waals surface area (Å²) in [6.07, 6.45) is -1.26. The largest absolute Gasteiger partial charge is 0.478 e. The lowest BCUT2D eigenvalue weighted by atomic mass is 10.2. The molecule has 0 unspecified atom stereocenters. The van der Waals surface area contributed by atoms with Crippen LogP contribution in [0.15, 0.2) is 30.7 Å². The van der Waals surface area contributed by atoms with Crippen molar-refractivity contribution in [1.82, 2.24) is 14.8 Å². The van der Waals surface area contributed by atoms with Crippen molar-refractivity contribution in [3.05, 3.63) is 42.0 Å². The first-order valence-electron chi connectivity index (χ1n) is 4.70.